The molecule has 4 bridgehead atoms. The highest BCUT2D eigenvalue weighted by Crippen LogP contribution is 2.55. The molecular formula is C21H31N3O3. The number of hydrogen-bond acceptors (Lipinski definition) is 3. The Kier molecular flexibility index (Phi) is 4.03. The average molecular weight is 373 g/mol. The molecule has 1 aliphatic heterocycles. The number of imide groups is 1. The second-order valence-electron chi connectivity index (χ2n) is 10.0. The Labute approximate surface area is 160 Å². The number of nitrogens with one attached hydrogen (secondary N) is 2. The number of carbonyl (C=O) groups is 3. The third kappa shape index (κ3) is 2.95. The number of carbonyl (C=O) groups excluding carboxylic acids is 3. The first-order valence-corrected chi connectivity index (χ1v) is 10.9. The molecule has 6 rings (SSSR count). The van der Waals surface area contributed by atoms with Gasteiger partial charge in [-0.25, -0.2) is 4.79 Å². The molecule has 1 heterocycles. The Morgan fingerprint density at radius 1 is 1.00 bits per heavy atom. The second-order valence-corrected chi connectivity index (χ2v) is 10.0. The van der Waals surface area contributed by atoms with E-state index in [2.05, 4.69) is 10.6 Å². The predicted molar refractivity (Wildman–Crippen MR) is 99.7 cm³/mol. The molecule has 1 saturated heterocycles. The maximum absolute atomic E-state index is 12.8. The summed E-state index contributed by atoms with van der Waals surface area (Å²) in [7, 11) is 0. The highest BCUT2D eigenvalue weighted by molar-refractivity contribution is 6.07. The minimum atomic E-state index is -0.689. The molecule has 6 fully saturated rings. The van der Waals surface area contributed by atoms with Gasteiger partial charge < -0.3 is 10.6 Å². The topological polar surface area (TPSA) is 78.5 Å². The number of amides is 4. The number of urea groups is 1. The zero-order chi connectivity index (χ0) is 18.6. The van der Waals surface area contributed by atoms with E-state index >= 15 is 0 Å². The molecule has 0 aromatic heterocycles. The van der Waals surface area contributed by atoms with Crippen molar-refractivity contribution in [3.8, 4) is 0 Å². The van der Waals surface area contributed by atoms with E-state index in [4.69, 9.17) is 0 Å². The van der Waals surface area contributed by atoms with Crippen LogP contribution in [-0.4, -0.2) is 40.4 Å². The number of rotatable bonds is 4. The minimum absolute atomic E-state index is 0.00199. The second kappa shape index (κ2) is 6.21. The highest BCUT2D eigenvalue weighted by atomic mass is 16.2. The molecule has 6 heteroatoms. The molecule has 0 unspecified atom stereocenters. The van der Waals surface area contributed by atoms with Gasteiger partial charge in [-0.15, -0.1) is 0 Å². The van der Waals surface area contributed by atoms with Crippen LogP contribution in [0.5, 0.6) is 0 Å². The van der Waals surface area contributed by atoms with Crippen LogP contribution in [0.3, 0.4) is 0 Å². The van der Waals surface area contributed by atoms with Crippen molar-refractivity contribution in [3.05, 3.63) is 0 Å². The van der Waals surface area contributed by atoms with Gasteiger partial charge in [0.2, 0.25) is 5.91 Å². The molecule has 0 aromatic rings. The molecule has 6 nitrogen and oxygen atoms in total. The molecule has 1 spiro atoms. The molecule has 0 aromatic carbocycles. The van der Waals surface area contributed by atoms with Crippen LogP contribution in [0.2, 0.25) is 0 Å². The van der Waals surface area contributed by atoms with Crippen LogP contribution in [0.15, 0.2) is 0 Å². The summed E-state index contributed by atoms with van der Waals surface area (Å²) in [5.41, 5.74) is -0.695. The first-order chi connectivity index (χ1) is 13.0. The van der Waals surface area contributed by atoms with E-state index in [1.807, 2.05) is 0 Å². The summed E-state index contributed by atoms with van der Waals surface area (Å²) >= 11 is 0. The quantitative estimate of drug-likeness (QED) is 0.744. The van der Waals surface area contributed by atoms with Crippen molar-refractivity contribution in [1.82, 2.24) is 15.5 Å². The van der Waals surface area contributed by atoms with Gasteiger partial charge in [-0.1, -0.05) is 19.3 Å². The van der Waals surface area contributed by atoms with E-state index in [-0.39, 0.29) is 36.3 Å². The summed E-state index contributed by atoms with van der Waals surface area (Å²) in [6.07, 6.45) is 12.2. The lowest BCUT2D eigenvalue weighted by Gasteiger charge is -2.56. The SMILES string of the molecule is O=C(CCN1C(=O)NC2(CCCCC2)C1=O)NC12CC3CC(CC(C3)C1)C2. The first kappa shape index (κ1) is 17.5. The van der Waals surface area contributed by atoms with Gasteiger partial charge in [0.15, 0.2) is 0 Å². The smallest absolute Gasteiger partial charge is 0.325 e. The molecule has 27 heavy (non-hydrogen) atoms. The molecule has 6 aliphatic rings. The van der Waals surface area contributed by atoms with Crippen LogP contribution in [0, 0.1) is 17.8 Å². The normalized spacial score (nSPS) is 39.1. The zero-order valence-corrected chi connectivity index (χ0v) is 16.1. The van der Waals surface area contributed by atoms with E-state index in [1.165, 1.54) is 24.2 Å². The molecule has 5 saturated carbocycles. The van der Waals surface area contributed by atoms with Gasteiger partial charge in [0, 0.05) is 18.5 Å². The van der Waals surface area contributed by atoms with Crippen LogP contribution >= 0.6 is 0 Å². The van der Waals surface area contributed by atoms with Crippen molar-refractivity contribution >= 4 is 17.8 Å². The summed E-state index contributed by atoms with van der Waals surface area (Å²) < 4.78 is 0. The van der Waals surface area contributed by atoms with Crippen molar-refractivity contribution < 1.29 is 14.4 Å². The maximum atomic E-state index is 12.8. The third-order valence-corrected chi connectivity index (χ3v) is 7.96. The lowest BCUT2D eigenvalue weighted by Crippen LogP contribution is -2.60. The Bertz CT molecular complexity index is 632. The van der Waals surface area contributed by atoms with Crippen LogP contribution < -0.4 is 10.6 Å². The zero-order valence-electron chi connectivity index (χ0n) is 16.1. The first-order valence-electron chi connectivity index (χ1n) is 10.9. The van der Waals surface area contributed by atoms with Gasteiger partial charge in [0.25, 0.3) is 5.91 Å². The van der Waals surface area contributed by atoms with E-state index in [0.29, 0.717) is 0 Å². The van der Waals surface area contributed by atoms with E-state index in [1.54, 1.807) is 0 Å². The van der Waals surface area contributed by atoms with Gasteiger partial charge in [-0.05, 0) is 69.1 Å². The van der Waals surface area contributed by atoms with Gasteiger partial charge in [-0.3, -0.25) is 14.5 Å². The molecule has 2 N–H and O–H groups in total. The van der Waals surface area contributed by atoms with Crippen LogP contribution in [0.1, 0.15) is 77.0 Å². The summed E-state index contributed by atoms with van der Waals surface area (Å²) in [5.74, 6) is 2.24. The van der Waals surface area contributed by atoms with Crippen molar-refractivity contribution in [2.24, 2.45) is 17.8 Å². The fourth-order valence-corrected chi connectivity index (χ4v) is 7.21. The fraction of sp³-hybridized carbons (Fsp3) is 0.857. The fourth-order valence-electron chi connectivity index (χ4n) is 7.21. The van der Waals surface area contributed by atoms with Crippen molar-refractivity contribution in [2.75, 3.05) is 6.54 Å². The van der Waals surface area contributed by atoms with E-state index in [9.17, 15) is 14.4 Å². The third-order valence-electron chi connectivity index (χ3n) is 7.96. The Balaban J connectivity index is 1.19. The number of nitrogens with zero attached hydrogens (tertiary/aromatic N) is 1. The molecule has 0 atom stereocenters. The minimum Gasteiger partial charge on any atom is -0.351 e. The molecule has 4 amide bonds. The van der Waals surface area contributed by atoms with Crippen LogP contribution in [0.25, 0.3) is 0 Å². The molecule has 148 valence electrons. The van der Waals surface area contributed by atoms with Crippen molar-refractivity contribution in [1.29, 1.82) is 0 Å². The van der Waals surface area contributed by atoms with E-state index in [0.717, 1.165) is 69.1 Å². The Morgan fingerprint density at radius 2 is 1.59 bits per heavy atom. The maximum Gasteiger partial charge on any atom is 0.325 e. The lowest BCUT2D eigenvalue weighted by atomic mass is 9.53. The van der Waals surface area contributed by atoms with Crippen molar-refractivity contribution in [2.45, 2.75) is 88.1 Å². The summed E-state index contributed by atoms with van der Waals surface area (Å²) in [6.45, 7) is 0.199. The number of hydrogen-bond donors (Lipinski definition) is 2. The monoisotopic (exact) mass is 373 g/mol. The van der Waals surface area contributed by atoms with E-state index < -0.39 is 5.54 Å². The predicted octanol–water partition coefficient (Wildman–Crippen LogP) is 2.72. The lowest BCUT2D eigenvalue weighted by molar-refractivity contribution is -0.133. The Hall–Kier alpha value is -1.59. The summed E-state index contributed by atoms with van der Waals surface area (Å²) in [4.78, 5) is 39.1. The molecule has 5 aliphatic carbocycles. The van der Waals surface area contributed by atoms with Gasteiger partial charge in [0.1, 0.15) is 5.54 Å². The Morgan fingerprint density at radius 3 is 2.19 bits per heavy atom. The van der Waals surface area contributed by atoms with Gasteiger partial charge in [0.05, 0.1) is 0 Å². The summed E-state index contributed by atoms with van der Waals surface area (Å²) in [6, 6.07) is -0.315. The largest absolute Gasteiger partial charge is 0.351 e. The highest BCUT2D eigenvalue weighted by Gasteiger charge is 2.53. The standard InChI is InChI=1S/C21H31N3O3/c25-17(22-20-11-14-8-15(12-20)10-16(9-14)13-20)4-7-24-18(26)21(23-19(24)27)5-2-1-3-6-21/h14-16H,1-13H2,(H,22,25)(H,23,27). The van der Waals surface area contributed by atoms with Crippen molar-refractivity contribution in [3.63, 3.8) is 0 Å². The average Bonchev–Trinajstić information content (AvgIpc) is 2.82. The van der Waals surface area contributed by atoms with Crippen LogP contribution in [-0.2, 0) is 9.59 Å². The molecule has 0 radical (unpaired) electrons. The van der Waals surface area contributed by atoms with Crippen LogP contribution in [0.4, 0.5) is 4.79 Å². The molecular weight excluding hydrogens is 342 g/mol. The van der Waals surface area contributed by atoms with Gasteiger partial charge in [-0.2, -0.15) is 0 Å². The summed E-state index contributed by atoms with van der Waals surface area (Å²) in [5, 5.41) is 6.27. The van der Waals surface area contributed by atoms with Gasteiger partial charge >= 0.3 is 6.03 Å².